The molecule has 0 bridgehead atoms. The fraction of sp³-hybridized carbons (Fsp3) is 0. The van der Waals surface area contributed by atoms with Gasteiger partial charge in [-0.1, -0.05) is 0 Å². The van der Waals surface area contributed by atoms with Gasteiger partial charge in [-0.05, 0) is 0 Å². The van der Waals surface area contributed by atoms with E-state index in [2.05, 4.69) is 0 Å². The van der Waals surface area contributed by atoms with Crippen LogP contribution in [0, 0.1) is 0 Å². The van der Waals surface area contributed by atoms with Crippen molar-refractivity contribution in [3.63, 3.8) is 0 Å². The number of rotatable bonds is 0. The molecule has 0 aliphatic carbocycles. The van der Waals surface area contributed by atoms with Crippen LogP contribution >= 0.6 is 0 Å². The third kappa shape index (κ3) is 8.86. The van der Waals surface area contributed by atoms with Crippen molar-refractivity contribution >= 4 is 75.9 Å². The van der Waals surface area contributed by atoms with Crippen LogP contribution in [0.5, 0.6) is 0 Å². The van der Waals surface area contributed by atoms with Crippen molar-refractivity contribution in [3.05, 3.63) is 0 Å². The molecular weight excluding hydrogens is 267 g/mol. The molecule has 0 saturated carbocycles. The third-order valence-electron chi connectivity index (χ3n) is 0. The first-order valence-corrected chi connectivity index (χ1v) is 0. The summed E-state index contributed by atoms with van der Waals surface area (Å²) in [7, 11) is 0. The van der Waals surface area contributed by atoms with Gasteiger partial charge in [-0.15, -0.1) is 0 Å². The standard InChI is InChI=1S/Ba.2S.Zn/q+2;2*-2;+2. The Morgan fingerprint density at radius 1 is 0.750 bits per heavy atom. The molecule has 0 amide bonds. The Morgan fingerprint density at radius 3 is 0.750 bits per heavy atom. The van der Waals surface area contributed by atoms with E-state index < -0.39 is 0 Å². The summed E-state index contributed by atoms with van der Waals surface area (Å²) in [6, 6.07) is 0. The number of hydrogen-bond acceptors (Lipinski definition) is 0. The first-order chi connectivity index (χ1) is 0. The molecule has 0 aromatic carbocycles. The van der Waals surface area contributed by atoms with Crippen molar-refractivity contribution in [2.45, 2.75) is 0 Å². The van der Waals surface area contributed by atoms with Crippen LogP contribution in [-0.2, 0) is 46.5 Å². The van der Waals surface area contributed by atoms with Gasteiger partial charge in [0.25, 0.3) is 0 Å². The van der Waals surface area contributed by atoms with Crippen molar-refractivity contribution in [3.8, 4) is 0 Å². The Kier molecular flexibility index (Phi) is 120. The van der Waals surface area contributed by atoms with E-state index in [9.17, 15) is 0 Å². The molecule has 0 aliphatic heterocycles. The minimum absolute atomic E-state index is 0. The van der Waals surface area contributed by atoms with Crippen molar-refractivity contribution < 1.29 is 19.5 Å². The summed E-state index contributed by atoms with van der Waals surface area (Å²) in [6.45, 7) is 0. The van der Waals surface area contributed by atoms with Crippen LogP contribution in [0.4, 0.5) is 0 Å². The fourth-order valence-corrected chi connectivity index (χ4v) is 0. The van der Waals surface area contributed by atoms with Crippen molar-refractivity contribution in [1.29, 1.82) is 0 Å². The van der Waals surface area contributed by atoms with Crippen LogP contribution in [-0.4, -0.2) is 48.9 Å². The van der Waals surface area contributed by atoms with E-state index in [1.54, 1.807) is 0 Å². The molecule has 0 N–H and O–H groups in total. The normalized spacial score (nSPS) is 0. The summed E-state index contributed by atoms with van der Waals surface area (Å²) < 4.78 is 0. The van der Waals surface area contributed by atoms with Gasteiger partial charge >= 0.3 is 68.4 Å². The molecule has 0 unspecified atom stereocenters. The summed E-state index contributed by atoms with van der Waals surface area (Å²) in [6.07, 6.45) is 0. The summed E-state index contributed by atoms with van der Waals surface area (Å²) >= 11 is 0. The van der Waals surface area contributed by atoms with Crippen molar-refractivity contribution in [1.82, 2.24) is 0 Å². The van der Waals surface area contributed by atoms with Gasteiger partial charge in [-0.3, -0.25) is 0 Å². The van der Waals surface area contributed by atoms with Gasteiger partial charge < -0.3 is 27.0 Å². The Hall–Kier alpha value is 2.89. The summed E-state index contributed by atoms with van der Waals surface area (Å²) in [4.78, 5) is 0. The van der Waals surface area contributed by atoms with E-state index in [0.717, 1.165) is 0 Å². The molecule has 4 heavy (non-hydrogen) atoms. The molecule has 0 spiro atoms. The van der Waals surface area contributed by atoms with E-state index >= 15 is 0 Å². The van der Waals surface area contributed by atoms with E-state index in [0.29, 0.717) is 0 Å². The molecule has 4 heteroatoms. The topological polar surface area (TPSA) is 0 Å². The first kappa shape index (κ1) is 28.6. The second kappa shape index (κ2) is 16.9. The van der Waals surface area contributed by atoms with Gasteiger partial charge in [-0.25, -0.2) is 0 Å². The smallest absolute Gasteiger partial charge is 2.00 e. The molecule has 16 valence electrons. The maximum atomic E-state index is 0. The zero-order valence-electron chi connectivity index (χ0n) is 2.23. The Bertz CT molecular complexity index is 6.00. The first-order valence-electron chi connectivity index (χ1n) is 0. The minimum Gasteiger partial charge on any atom is -2.00 e. The molecule has 0 aliphatic rings. The van der Waals surface area contributed by atoms with Crippen LogP contribution in [0.2, 0.25) is 0 Å². The molecule has 0 aromatic rings. The van der Waals surface area contributed by atoms with Crippen LogP contribution in [0.1, 0.15) is 0 Å². The Labute approximate surface area is 93.2 Å². The minimum atomic E-state index is 0. The zero-order valence-corrected chi connectivity index (χ0v) is 11.3. The van der Waals surface area contributed by atoms with Crippen LogP contribution in [0.15, 0.2) is 0 Å². The largest absolute Gasteiger partial charge is 2.00 e. The number of hydrogen-bond donors (Lipinski definition) is 0. The molecule has 0 atom stereocenters. The van der Waals surface area contributed by atoms with Gasteiger partial charge in [0.15, 0.2) is 0 Å². The van der Waals surface area contributed by atoms with Crippen LogP contribution in [0.25, 0.3) is 0 Å². The molecule has 0 fully saturated rings. The zero-order chi connectivity index (χ0) is 0. The summed E-state index contributed by atoms with van der Waals surface area (Å²) in [5.41, 5.74) is 0. The molecule has 0 aromatic heterocycles. The second-order valence-electron chi connectivity index (χ2n) is 0. The third-order valence-corrected chi connectivity index (χ3v) is 0. The average Bonchev–Trinajstić information content (AvgIpc) is 0. The summed E-state index contributed by atoms with van der Waals surface area (Å²) in [5.74, 6) is 0. The maximum absolute atomic E-state index is 0. The molecule has 0 radical (unpaired) electrons. The Morgan fingerprint density at radius 2 is 0.750 bits per heavy atom. The molecule has 0 heterocycles. The molecule has 0 rings (SSSR count). The van der Waals surface area contributed by atoms with Gasteiger partial charge in [0, 0.05) is 0 Å². The maximum Gasteiger partial charge on any atom is 2.00 e. The SMILES string of the molecule is [Ba+2].[S-2].[S-2].[Zn+2]. The second-order valence-corrected chi connectivity index (χ2v) is 0. The predicted molar refractivity (Wildman–Crippen MR) is 20.5 cm³/mol. The van der Waals surface area contributed by atoms with E-state index in [4.69, 9.17) is 0 Å². The molecule has 0 saturated heterocycles. The van der Waals surface area contributed by atoms with E-state index in [1.165, 1.54) is 0 Å². The van der Waals surface area contributed by atoms with E-state index in [-0.39, 0.29) is 95.4 Å². The van der Waals surface area contributed by atoms with Crippen molar-refractivity contribution in [2.24, 2.45) is 0 Å². The van der Waals surface area contributed by atoms with Gasteiger partial charge in [-0.2, -0.15) is 0 Å². The molecular formula is BaS2Zn. The fourth-order valence-electron chi connectivity index (χ4n) is 0. The Balaban J connectivity index is 0. The van der Waals surface area contributed by atoms with Gasteiger partial charge in [0.1, 0.15) is 0 Å². The quantitative estimate of drug-likeness (QED) is 0.524. The average molecular weight is 267 g/mol. The monoisotopic (exact) mass is 266 g/mol. The molecule has 0 nitrogen and oxygen atoms in total. The predicted octanol–water partition coefficient (Wildman–Crippen LogP) is -0.388. The van der Waals surface area contributed by atoms with Crippen LogP contribution in [0.3, 0.4) is 0 Å². The van der Waals surface area contributed by atoms with Crippen LogP contribution < -0.4 is 0 Å². The van der Waals surface area contributed by atoms with Gasteiger partial charge in [0.2, 0.25) is 0 Å². The summed E-state index contributed by atoms with van der Waals surface area (Å²) in [5, 5.41) is 0. The van der Waals surface area contributed by atoms with Crippen molar-refractivity contribution in [2.75, 3.05) is 0 Å². The van der Waals surface area contributed by atoms with E-state index in [1.807, 2.05) is 0 Å². The van der Waals surface area contributed by atoms with Gasteiger partial charge in [0.05, 0.1) is 0 Å².